The Labute approximate surface area is 197 Å². The molecule has 0 aliphatic carbocycles. The largest absolute Gasteiger partial charge is 0.386 e. The summed E-state index contributed by atoms with van der Waals surface area (Å²) in [6.07, 6.45) is 8.28. The summed E-state index contributed by atoms with van der Waals surface area (Å²) in [5.74, 6) is 0. The van der Waals surface area contributed by atoms with Gasteiger partial charge in [-0.1, -0.05) is 79.7 Å². The van der Waals surface area contributed by atoms with Crippen LogP contribution in [-0.4, -0.2) is 10.1 Å². The van der Waals surface area contributed by atoms with E-state index in [0.29, 0.717) is 0 Å². The molecule has 0 amide bonds. The molecule has 0 aliphatic rings. The lowest BCUT2D eigenvalue weighted by Gasteiger charge is -2.21. The summed E-state index contributed by atoms with van der Waals surface area (Å²) in [6, 6.07) is 27.7. The van der Waals surface area contributed by atoms with Gasteiger partial charge >= 0.3 is 0 Å². The van der Waals surface area contributed by atoms with E-state index in [4.69, 9.17) is 4.98 Å². The van der Waals surface area contributed by atoms with Crippen LogP contribution in [0.4, 0.5) is 0 Å². The van der Waals surface area contributed by atoms with E-state index in [9.17, 15) is 5.11 Å². The van der Waals surface area contributed by atoms with Crippen LogP contribution in [0, 0.1) is 0 Å². The third-order valence-corrected chi connectivity index (χ3v) is 6.17. The second-order valence-corrected chi connectivity index (χ2v) is 9.26. The monoisotopic (exact) mass is 435 g/mol. The topological polar surface area (TPSA) is 33.1 Å². The number of aromatic nitrogens is 1. The first-order valence-electron chi connectivity index (χ1n) is 11.9. The lowest BCUT2D eigenvalue weighted by atomic mass is 9.90. The van der Waals surface area contributed by atoms with Gasteiger partial charge in [0.15, 0.2) is 0 Å². The molecule has 0 bridgehead atoms. The van der Waals surface area contributed by atoms with Crippen LogP contribution >= 0.6 is 0 Å². The molecule has 1 heterocycles. The Morgan fingerprint density at radius 2 is 1.64 bits per heavy atom. The fraction of sp³-hybridized carbons (Fsp3) is 0.258. The van der Waals surface area contributed by atoms with Crippen molar-refractivity contribution in [1.29, 1.82) is 0 Å². The molecule has 2 heteroatoms. The molecular formula is C31H33NO. The van der Waals surface area contributed by atoms with Crippen LogP contribution in [0.1, 0.15) is 60.7 Å². The quantitative estimate of drug-likeness (QED) is 0.313. The molecule has 0 unspecified atom stereocenters. The van der Waals surface area contributed by atoms with Crippen molar-refractivity contribution in [1.82, 2.24) is 4.98 Å². The van der Waals surface area contributed by atoms with Crippen LogP contribution in [0.25, 0.3) is 23.1 Å². The van der Waals surface area contributed by atoms with E-state index in [-0.39, 0.29) is 0 Å². The van der Waals surface area contributed by atoms with Crippen LogP contribution in [0.3, 0.4) is 0 Å². The molecule has 3 aromatic carbocycles. The minimum Gasteiger partial charge on any atom is -0.386 e. The molecule has 168 valence electrons. The van der Waals surface area contributed by atoms with Crippen molar-refractivity contribution in [2.45, 2.75) is 52.1 Å². The van der Waals surface area contributed by atoms with Gasteiger partial charge in [-0.15, -0.1) is 0 Å². The van der Waals surface area contributed by atoms with E-state index in [2.05, 4.69) is 85.8 Å². The van der Waals surface area contributed by atoms with Gasteiger partial charge in [-0.25, -0.2) is 4.98 Å². The van der Waals surface area contributed by atoms with Gasteiger partial charge in [-0.05, 0) is 85.6 Å². The average molecular weight is 436 g/mol. The van der Waals surface area contributed by atoms with Gasteiger partial charge in [0.05, 0.1) is 16.8 Å². The number of benzene rings is 3. The number of nitrogens with zero attached hydrogens (tertiary/aromatic N) is 1. The first-order valence-corrected chi connectivity index (χ1v) is 11.9. The van der Waals surface area contributed by atoms with E-state index >= 15 is 0 Å². The SMILES string of the molecule is CCc1ccc2ccc(/C=C/c3cccc(CCCc4ccccc4C(C)(C)O)c3)nc2c1. The van der Waals surface area contributed by atoms with Crippen LogP contribution < -0.4 is 0 Å². The molecule has 2 nitrogen and oxygen atoms in total. The summed E-state index contributed by atoms with van der Waals surface area (Å²) in [7, 11) is 0. The van der Waals surface area contributed by atoms with Crippen molar-refractivity contribution in [3.05, 3.63) is 112 Å². The normalized spacial score (nSPS) is 12.0. The van der Waals surface area contributed by atoms with Gasteiger partial charge in [-0.3, -0.25) is 0 Å². The Bertz CT molecular complexity index is 1260. The molecule has 0 atom stereocenters. The standard InChI is InChI=1S/C31H33NO/c1-4-23-15-17-27-18-20-28(32-30(27)22-23)19-16-25-10-7-9-24(21-25)11-8-13-26-12-5-6-14-29(26)31(2,3)33/h5-7,9-10,12,14-22,33H,4,8,11,13H2,1-3H3/b19-16+. The first kappa shape index (κ1) is 22.9. The van der Waals surface area contributed by atoms with E-state index in [0.717, 1.165) is 42.5 Å². The van der Waals surface area contributed by atoms with Crippen LogP contribution in [0.5, 0.6) is 0 Å². The average Bonchev–Trinajstić information content (AvgIpc) is 2.82. The highest BCUT2D eigenvalue weighted by Crippen LogP contribution is 2.25. The Balaban J connectivity index is 1.42. The lowest BCUT2D eigenvalue weighted by molar-refractivity contribution is 0.0776. The number of aryl methyl sites for hydroxylation is 3. The maximum atomic E-state index is 10.4. The van der Waals surface area contributed by atoms with Crippen molar-refractivity contribution in [2.24, 2.45) is 0 Å². The third kappa shape index (κ3) is 5.97. The van der Waals surface area contributed by atoms with E-state index < -0.39 is 5.60 Å². The molecule has 33 heavy (non-hydrogen) atoms. The maximum Gasteiger partial charge on any atom is 0.0843 e. The highest BCUT2D eigenvalue weighted by atomic mass is 16.3. The summed E-state index contributed by atoms with van der Waals surface area (Å²) in [6.45, 7) is 5.88. The molecule has 4 aromatic rings. The van der Waals surface area contributed by atoms with Crippen LogP contribution in [0.2, 0.25) is 0 Å². The smallest absolute Gasteiger partial charge is 0.0843 e. The summed E-state index contributed by atoms with van der Waals surface area (Å²) < 4.78 is 0. The predicted octanol–water partition coefficient (Wildman–Crippen LogP) is 7.37. The minimum absolute atomic E-state index is 0.809. The molecule has 0 fully saturated rings. The van der Waals surface area contributed by atoms with Crippen molar-refractivity contribution < 1.29 is 5.11 Å². The number of rotatable bonds is 8. The molecule has 1 N–H and O–H groups in total. The van der Waals surface area contributed by atoms with E-state index in [1.54, 1.807) is 0 Å². The number of pyridine rings is 1. The highest BCUT2D eigenvalue weighted by Gasteiger charge is 2.18. The molecule has 0 saturated carbocycles. The fourth-order valence-electron chi connectivity index (χ4n) is 4.34. The van der Waals surface area contributed by atoms with Crippen molar-refractivity contribution in [3.8, 4) is 0 Å². The minimum atomic E-state index is -0.809. The summed E-state index contributed by atoms with van der Waals surface area (Å²) in [5, 5.41) is 11.6. The Kier molecular flexibility index (Phi) is 7.05. The van der Waals surface area contributed by atoms with Gasteiger partial charge in [0, 0.05) is 5.39 Å². The van der Waals surface area contributed by atoms with Gasteiger partial charge in [0.2, 0.25) is 0 Å². The molecular weight excluding hydrogens is 402 g/mol. The van der Waals surface area contributed by atoms with Crippen LogP contribution in [0.15, 0.2) is 78.9 Å². The Morgan fingerprint density at radius 3 is 2.45 bits per heavy atom. The third-order valence-electron chi connectivity index (χ3n) is 6.17. The first-order chi connectivity index (χ1) is 15.9. The molecule has 1 aromatic heterocycles. The van der Waals surface area contributed by atoms with Gasteiger partial charge in [0.1, 0.15) is 0 Å². The zero-order valence-corrected chi connectivity index (χ0v) is 19.9. The lowest BCUT2D eigenvalue weighted by Crippen LogP contribution is -2.18. The van der Waals surface area contributed by atoms with Crippen LogP contribution in [-0.2, 0) is 24.9 Å². The fourth-order valence-corrected chi connectivity index (χ4v) is 4.34. The van der Waals surface area contributed by atoms with Gasteiger partial charge in [0.25, 0.3) is 0 Å². The van der Waals surface area contributed by atoms with Crippen molar-refractivity contribution >= 4 is 23.1 Å². The van der Waals surface area contributed by atoms with Crippen molar-refractivity contribution in [2.75, 3.05) is 0 Å². The second-order valence-electron chi connectivity index (χ2n) is 9.26. The molecule has 0 aliphatic heterocycles. The number of hydrogen-bond donors (Lipinski definition) is 1. The number of fused-ring (bicyclic) bond motifs is 1. The molecule has 0 saturated heterocycles. The maximum absolute atomic E-state index is 10.4. The summed E-state index contributed by atoms with van der Waals surface area (Å²) in [4.78, 5) is 4.83. The van der Waals surface area contributed by atoms with Gasteiger partial charge in [-0.2, -0.15) is 0 Å². The molecule has 4 rings (SSSR count). The Hall–Kier alpha value is -3.23. The highest BCUT2D eigenvalue weighted by molar-refractivity contribution is 5.81. The van der Waals surface area contributed by atoms with E-state index in [1.807, 2.05) is 26.0 Å². The Morgan fingerprint density at radius 1 is 0.818 bits per heavy atom. The van der Waals surface area contributed by atoms with Crippen molar-refractivity contribution in [3.63, 3.8) is 0 Å². The van der Waals surface area contributed by atoms with Gasteiger partial charge < -0.3 is 5.11 Å². The predicted molar refractivity (Wildman–Crippen MR) is 140 cm³/mol. The zero-order valence-electron chi connectivity index (χ0n) is 19.9. The number of hydrogen-bond acceptors (Lipinski definition) is 2. The second kappa shape index (κ2) is 10.1. The number of aliphatic hydroxyl groups is 1. The molecule has 0 spiro atoms. The van der Waals surface area contributed by atoms with E-state index in [1.165, 1.54) is 27.6 Å². The summed E-state index contributed by atoms with van der Waals surface area (Å²) >= 11 is 0. The molecule has 0 radical (unpaired) electrons. The summed E-state index contributed by atoms with van der Waals surface area (Å²) in [5.41, 5.74) is 7.31. The zero-order chi connectivity index (χ0) is 23.3.